The van der Waals surface area contributed by atoms with E-state index in [2.05, 4.69) is 26.9 Å². The Balaban J connectivity index is 1.52. The number of hydrogen-bond acceptors (Lipinski definition) is 7. The van der Waals surface area contributed by atoms with Gasteiger partial charge in [-0.25, -0.2) is 18.1 Å². The number of hydrogen-bond donors (Lipinski definition) is 3. The normalized spacial score (nSPS) is 11.2. The number of rotatable bonds is 10. The van der Waals surface area contributed by atoms with Gasteiger partial charge >= 0.3 is 0 Å². The van der Waals surface area contributed by atoms with Crippen LogP contribution in [0.5, 0.6) is 0 Å². The Bertz CT molecular complexity index is 1210. The number of benzene rings is 1. The molecule has 0 aliphatic heterocycles. The molecule has 0 atom stereocenters. The summed E-state index contributed by atoms with van der Waals surface area (Å²) in [6, 6.07) is 8.12. The minimum Gasteiger partial charge on any atom is -0.469 e. The van der Waals surface area contributed by atoms with Crippen molar-refractivity contribution in [1.82, 2.24) is 9.71 Å². The number of thiazole rings is 1. The van der Waals surface area contributed by atoms with Gasteiger partial charge in [0.15, 0.2) is 5.13 Å². The van der Waals surface area contributed by atoms with E-state index >= 15 is 0 Å². The quantitative estimate of drug-likeness (QED) is 0.387. The molecular weight excluding hydrogens is 452 g/mol. The molecule has 0 bridgehead atoms. The van der Waals surface area contributed by atoms with Crippen LogP contribution in [0.1, 0.15) is 27.4 Å². The van der Waals surface area contributed by atoms with E-state index in [0.29, 0.717) is 33.4 Å². The maximum Gasteiger partial charge on any atom is 0.260 e. The molecule has 9 nitrogen and oxygen atoms in total. The molecule has 11 heteroatoms. The lowest BCUT2D eigenvalue weighted by molar-refractivity contribution is -0.115. The summed E-state index contributed by atoms with van der Waals surface area (Å²) >= 11 is 1.22. The lowest BCUT2D eigenvalue weighted by Gasteiger charge is -2.07. The van der Waals surface area contributed by atoms with Crippen molar-refractivity contribution in [3.63, 3.8) is 0 Å². The Morgan fingerprint density at radius 3 is 2.59 bits per heavy atom. The number of aryl methyl sites for hydroxylation is 1. The number of anilines is 2. The summed E-state index contributed by atoms with van der Waals surface area (Å²) in [5, 5.41) is 7.50. The molecule has 3 rings (SSSR count). The summed E-state index contributed by atoms with van der Waals surface area (Å²) in [5.74, 6) is -0.272. The zero-order chi connectivity index (χ0) is 23.1. The Morgan fingerprint density at radius 1 is 1.19 bits per heavy atom. The molecular formula is C21H22N4O5S2. The van der Waals surface area contributed by atoms with Crippen LogP contribution in [0.15, 0.2) is 59.0 Å². The Labute approximate surface area is 189 Å². The van der Waals surface area contributed by atoms with Gasteiger partial charge < -0.3 is 9.73 Å². The van der Waals surface area contributed by atoms with Gasteiger partial charge in [0.1, 0.15) is 5.76 Å². The molecule has 0 aliphatic rings. The van der Waals surface area contributed by atoms with Gasteiger partial charge in [0.25, 0.3) is 5.91 Å². The van der Waals surface area contributed by atoms with E-state index in [9.17, 15) is 18.0 Å². The van der Waals surface area contributed by atoms with Crippen LogP contribution in [-0.2, 0) is 27.0 Å². The third-order valence-electron chi connectivity index (χ3n) is 4.26. The largest absolute Gasteiger partial charge is 0.469 e. The maximum atomic E-state index is 12.3. The molecule has 168 valence electrons. The lowest BCUT2D eigenvalue weighted by atomic mass is 10.2. The average Bonchev–Trinajstić information content (AvgIpc) is 3.36. The number of furan rings is 1. The Kier molecular flexibility index (Phi) is 7.57. The van der Waals surface area contributed by atoms with Crippen molar-refractivity contribution in [3.8, 4) is 0 Å². The number of carbonyl (C=O) groups excluding carboxylic acids is 2. The van der Waals surface area contributed by atoms with E-state index in [-0.39, 0.29) is 30.5 Å². The second-order valence-corrected chi connectivity index (χ2v) is 9.47. The van der Waals surface area contributed by atoms with E-state index in [4.69, 9.17) is 4.42 Å². The minimum absolute atomic E-state index is 0.0265. The summed E-state index contributed by atoms with van der Waals surface area (Å²) < 4.78 is 31.3. The van der Waals surface area contributed by atoms with Gasteiger partial charge in [0.2, 0.25) is 15.9 Å². The first-order valence-electron chi connectivity index (χ1n) is 9.52. The molecule has 0 radical (unpaired) electrons. The van der Waals surface area contributed by atoms with Crippen molar-refractivity contribution in [1.29, 1.82) is 0 Å². The molecule has 2 heterocycles. The molecule has 0 saturated heterocycles. The SMILES string of the molecule is C=CCNS(=O)(=O)Cc1ccc(NC(=O)Cc2csc(NC(=O)c3ccoc3C)n2)cc1. The number of sulfonamides is 1. The van der Waals surface area contributed by atoms with Crippen LogP contribution in [0.2, 0.25) is 0 Å². The van der Waals surface area contributed by atoms with Gasteiger partial charge in [-0.1, -0.05) is 18.2 Å². The maximum absolute atomic E-state index is 12.3. The molecule has 3 aromatic rings. The van der Waals surface area contributed by atoms with Crippen molar-refractivity contribution in [2.24, 2.45) is 0 Å². The fraction of sp³-hybridized carbons (Fsp3) is 0.190. The monoisotopic (exact) mass is 474 g/mol. The zero-order valence-corrected chi connectivity index (χ0v) is 18.9. The highest BCUT2D eigenvalue weighted by Crippen LogP contribution is 2.19. The number of amides is 2. The fourth-order valence-electron chi connectivity index (χ4n) is 2.74. The summed E-state index contributed by atoms with van der Waals surface area (Å²) in [6.07, 6.45) is 2.93. The van der Waals surface area contributed by atoms with Crippen LogP contribution in [0.3, 0.4) is 0 Å². The third kappa shape index (κ3) is 6.61. The molecule has 3 N–H and O–H groups in total. The number of nitrogens with one attached hydrogen (secondary N) is 3. The van der Waals surface area contributed by atoms with Crippen molar-refractivity contribution >= 4 is 44.0 Å². The first-order chi connectivity index (χ1) is 15.3. The third-order valence-corrected chi connectivity index (χ3v) is 6.39. The van der Waals surface area contributed by atoms with E-state index < -0.39 is 10.0 Å². The molecule has 32 heavy (non-hydrogen) atoms. The van der Waals surface area contributed by atoms with E-state index in [1.807, 2.05) is 0 Å². The lowest BCUT2D eigenvalue weighted by Crippen LogP contribution is -2.25. The highest BCUT2D eigenvalue weighted by molar-refractivity contribution is 7.88. The number of carbonyl (C=O) groups is 2. The zero-order valence-electron chi connectivity index (χ0n) is 17.3. The molecule has 2 amide bonds. The second kappa shape index (κ2) is 10.4. The minimum atomic E-state index is -3.45. The molecule has 0 aliphatic carbocycles. The van der Waals surface area contributed by atoms with Crippen LogP contribution >= 0.6 is 11.3 Å². The van der Waals surface area contributed by atoms with Gasteiger partial charge in [-0.15, -0.1) is 17.9 Å². The van der Waals surface area contributed by atoms with E-state index in [0.717, 1.165) is 0 Å². The molecule has 0 fully saturated rings. The first kappa shape index (κ1) is 23.4. The highest BCUT2D eigenvalue weighted by atomic mass is 32.2. The molecule has 0 unspecified atom stereocenters. The van der Waals surface area contributed by atoms with Gasteiger partial charge in [0.05, 0.1) is 29.7 Å². The smallest absolute Gasteiger partial charge is 0.260 e. The first-order valence-corrected chi connectivity index (χ1v) is 12.1. The molecule has 2 aromatic heterocycles. The van der Waals surface area contributed by atoms with Crippen LogP contribution in [-0.4, -0.2) is 31.8 Å². The van der Waals surface area contributed by atoms with Crippen molar-refractivity contribution in [2.45, 2.75) is 19.1 Å². The van der Waals surface area contributed by atoms with Crippen LogP contribution in [0, 0.1) is 6.92 Å². The second-order valence-electron chi connectivity index (χ2n) is 6.81. The van der Waals surface area contributed by atoms with Gasteiger partial charge in [-0.2, -0.15) is 0 Å². The molecule has 0 saturated carbocycles. The number of nitrogens with zero attached hydrogens (tertiary/aromatic N) is 1. The predicted octanol–water partition coefficient (Wildman–Crippen LogP) is 3.08. The fourth-order valence-corrected chi connectivity index (χ4v) is 4.55. The number of aromatic nitrogens is 1. The van der Waals surface area contributed by atoms with E-state index in [1.165, 1.54) is 23.7 Å². The van der Waals surface area contributed by atoms with Crippen LogP contribution < -0.4 is 15.4 Å². The van der Waals surface area contributed by atoms with Crippen molar-refractivity contribution in [3.05, 3.63) is 77.2 Å². The van der Waals surface area contributed by atoms with Crippen LogP contribution in [0.25, 0.3) is 0 Å². The van der Waals surface area contributed by atoms with Gasteiger partial charge in [0, 0.05) is 17.6 Å². The van der Waals surface area contributed by atoms with Crippen molar-refractivity contribution < 1.29 is 22.4 Å². The Morgan fingerprint density at radius 2 is 1.94 bits per heavy atom. The topological polar surface area (TPSA) is 130 Å². The van der Waals surface area contributed by atoms with Gasteiger partial charge in [-0.05, 0) is 30.7 Å². The van der Waals surface area contributed by atoms with Crippen LogP contribution in [0.4, 0.5) is 10.8 Å². The molecule has 1 aromatic carbocycles. The predicted molar refractivity (Wildman–Crippen MR) is 123 cm³/mol. The summed E-state index contributed by atoms with van der Waals surface area (Å²) in [7, 11) is -3.45. The summed E-state index contributed by atoms with van der Waals surface area (Å²) in [6.45, 7) is 5.33. The summed E-state index contributed by atoms with van der Waals surface area (Å²) in [4.78, 5) is 28.8. The Hall–Kier alpha value is -3.28. The van der Waals surface area contributed by atoms with E-state index in [1.54, 1.807) is 42.6 Å². The average molecular weight is 475 g/mol. The summed E-state index contributed by atoms with van der Waals surface area (Å²) in [5.41, 5.74) is 2.07. The molecule has 0 spiro atoms. The standard InChI is InChI=1S/C21H22N4O5S2/c1-3-9-22-32(28,29)13-15-4-6-16(7-5-15)23-19(26)11-17-12-31-21(24-17)25-20(27)18-8-10-30-14(18)2/h3-8,10,12,22H,1,9,11,13H2,2H3,(H,23,26)(H,24,25,27). The van der Waals surface area contributed by atoms with Gasteiger partial charge in [-0.3, -0.25) is 14.9 Å². The highest BCUT2D eigenvalue weighted by Gasteiger charge is 2.15. The van der Waals surface area contributed by atoms with Crippen molar-refractivity contribution in [2.75, 3.05) is 17.2 Å².